The van der Waals surface area contributed by atoms with E-state index >= 15 is 0 Å². The summed E-state index contributed by atoms with van der Waals surface area (Å²) in [6, 6.07) is 5.08. The summed E-state index contributed by atoms with van der Waals surface area (Å²) in [5, 5.41) is 0. The van der Waals surface area contributed by atoms with Crippen LogP contribution >= 0.6 is 0 Å². The molecule has 1 unspecified atom stereocenters. The van der Waals surface area contributed by atoms with Crippen LogP contribution in [0, 0.1) is 13.8 Å². The monoisotopic (exact) mass is 259 g/mol. The molecule has 0 amide bonds. The van der Waals surface area contributed by atoms with Crippen molar-refractivity contribution in [1.29, 1.82) is 0 Å². The van der Waals surface area contributed by atoms with Crippen molar-refractivity contribution in [3.05, 3.63) is 41.0 Å². The second-order valence-electron chi connectivity index (χ2n) is 5.60. The van der Waals surface area contributed by atoms with Gasteiger partial charge in [0.15, 0.2) is 0 Å². The Hall–Kier alpha value is -1.28. The molecule has 0 saturated carbocycles. The van der Waals surface area contributed by atoms with Crippen molar-refractivity contribution in [1.82, 2.24) is 4.90 Å². The molecule has 1 aliphatic rings. The highest BCUT2D eigenvalue weighted by atomic mass is 16.5. The first-order valence-corrected chi connectivity index (χ1v) is 7.13. The quantitative estimate of drug-likeness (QED) is 0.761. The molecule has 1 aromatic rings. The molecule has 0 N–H and O–H groups in total. The fourth-order valence-corrected chi connectivity index (χ4v) is 3.02. The lowest BCUT2D eigenvalue weighted by Crippen LogP contribution is -2.30. The zero-order valence-corrected chi connectivity index (χ0v) is 12.6. The molecule has 0 aromatic heterocycles. The Bertz CT molecular complexity index is 441. The molecule has 0 aliphatic heterocycles. The summed E-state index contributed by atoms with van der Waals surface area (Å²) >= 11 is 0. The third-order valence-corrected chi connectivity index (χ3v) is 3.95. The maximum Gasteiger partial charge on any atom is 0.124 e. The van der Waals surface area contributed by atoms with E-state index in [9.17, 15) is 0 Å². The predicted molar refractivity (Wildman–Crippen MR) is 80.7 cm³/mol. The molecule has 2 heteroatoms. The molecule has 2 nitrogen and oxygen atoms in total. The van der Waals surface area contributed by atoms with Crippen LogP contribution in [-0.2, 0) is 6.54 Å². The predicted octanol–water partition coefficient (Wildman–Crippen LogP) is 3.85. The number of nitrogens with zero attached hydrogens (tertiary/aromatic N) is 1. The van der Waals surface area contributed by atoms with Crippen molar-refractivity contribution >= 4 is 0 Å². The Morgan fingerprint density at radius 3 is 2.47 bits per heavy atom. The summed E-state index contributed by atoms with van der Waals surface area (Å²) in [4.78, 5) is 2.44. The lowest BCUT2D eigenvalue weighted by atomic mass is 10.0. The van der Waals surface area contributed by atoms with Crippen LogP contribution in [0.2, 0.25) is 0 Å². The molecule has 0 heterocycles. The smallest absolute Gasteiger partial charge is 0.124 e. The van der Waals surface area contributed by atoms with E-state index in [2.05, 4.69) is 50.1 Å². The van der Waals surface area contributed by atoms with Crippen LogP contribution in [-0.4, -0.2) is 25.1 Å². The van der Waals surface area contributed by atoms with Crippen LogP contribution in [0.5, 0.6) is 5.75 Å². The average molecular weight is 259 g/mol. The summed E-state index contributed by atoms with van der Waals surface area (Å²) in [5.74, 6) is 1.02. The summed E-state index contributed by atoms with van der Waals surface area (Å²) in [7, 11) is 3.96. The molecule has 1 atom stereocenters. The van der Waals surface area contributed by atoms with Gasteiger partial charge >= 0.3 is 0 Å². The second-order valence-corrected chi connectivity index (χ2v) is 5.60. The molecule has 2 rings (SSSR count). The van der Waals surface area contributed by atoms with Crippen LogP contribution in [0.25, 0.3) is 0 Å². The number of hydrogen-bond acceptors (Lipinski definition) is 2. The molecule has 0 bridgehead atoms. The Morgan fingerprint density at radius 1 is 1.26 bits per heavy atom. The average Bonchev–Trinajstić information content (AvgIpc) is 2.39. The summed E-state index contributed by atoms with van der Waals surface area (Å²) in [5.41, 5.74) is 3.83. The number of rotatable bonds is 4. The first-order chi connectivity index (χ1) is 9.11. The molecule has 1 aliphatic carbocycles. The number of likely N-dealkylation sites (N-methyl/N-ethyl adjacent to an activating group) is 1. The summed E-state index contributed by atoms with van der Waals surface area (Å²) < 4.78 is 5.43. The van der Waals surface area contributed by atoms with Gasteiger partial charge in [-0.1, -0.05) is 24.3 Å². The SMILES string of the molecule is COc1c(C)cc(CN(C)C2C=CCCC2)cc1C. The minimum atomic E-state index is 0.594. The van der Waals surface area contributed by atoms with Gasteiger partial charge in [-0.3, -0.25) is 4.90 Å². The van der Waals surface area contributed by atoms with Crippen molar-refractivity contribution in [2.75, 3.05) is 14.2 Å². The maximum absolute atomic E-state index is 5.43. The van der Waals surface area contributed by atoms with Crippen LogP contribution in [0.1, 0.15) is 36.0 Å². The topological polar surface area (TPSA) is 12.5 Å². The molecular formula is C17H25NO. The van der Waals surface area contributed by atoms with Gasteiger partial charge in [0.1, 0.15) is 5.75 Å². The van der Waals surface area contributed by atoms with E-state index in [-0.39, 0.29) is 0 Å². The van der Waals surface area contributed by atoms with Gasteiger partial charge in [-0.25, -0.2) is 0 Å². The Labute approximate surface area is 117 Å². The summed E-state index contributed by atoms with van der Waals surface area (Å²) in [6.07, 6.45) is 8.50. The highest BCUT2D eigenvalue weighted by molar-refractivity contribution is 5.43. The highest BCUT2D eigenvalue weighted by Gasteiger charge is 2.15. The molecule has 0 radical (unpaired) electrons. The van der Waals surface area contributed by atoms with E-state index in [0.717, 1.165) is 12.3 Å². The van der Waals surface area contributed by atoms with E-state index in [0.29, 0.717) is 6.04 Å². The number of allylic oxidation sites excluding steroid dienone is 1. The molecule has 0 saturated heterocycles. The van der Waals surface area contributed by atoms with Gasteiger partial charge in [-0.2, -0.15) is 0 Å². The van der Waals surface area contributed by atoms with Gasteiger partial charge in [0, 0.05) is 12.6 Å². The van der Waals surface area contributed by atoms with E-state index < -0.39 is 0 Å². The standard InChI is InChI=1S/C17H25NO/c1-13-10-15(11-14(2)17(13)19-4)12-18(3)16-8-6-5-7-9-16/h6,8,10-11,16H,5,7,9,12H2,1-4H3. The van der Waals surface area contributed by atoms with Crippen molar-refractivity contribution in [2.24, 2.45) is 0 Å². The Morgan fingerprint density at radius 2 is 1.95 bits per heavy atom. The minimum Gasteiger partial charge on any atom is -0.496 e. The van der Waals surface area contributed by atoms with Gasteiger partial charge in [-0.05, 0) is 56.8 Å². The number of hydrogen-bond donors (Lipinski definition) is 0. The van der Waals surface area contributed by atoms with E-state index in [1.165, 1.54) is 36.0 Å². The maximum atomic E-state index is 5.43. The lowest BCUT2D eigenvalue weighted by Gasteiger charge is -2.28. The fourth-order valence-electron chi connectivity index (χ4n) is 3.02. The van der Waals surface area contributed by atoms with Gasteiger partial charge in [0.2, 0.25) is 0 Å². The number of methoxy groups -OCH3 is 1. The molecule has 1 aromatic carbocycles. The normalized spacial score (nSPS) is 18.9. The van der Waals surface area contributed by atoms with Crippen molar-refractivity contribution in [2.45, 2.75) is 45.7 Å². The van der Waals surface area contributed by atoms with Gasteiger partial charge in [-0.15, -0.1) is 0 Å². The van der Waals surface area contributed by atoms with Crippen molar-refractivity contribution in [3.8, 4) is 5.75 Å². The van der Waals surface area contributed by atoms with Crippen molar-refractivity contribution in [3.63, 3.8) is 0 Å². The zero-order valence-electron chi connectivity index (χ0n) is 12.6. The largest absolute Gasteiger partial charge is 0.496 e. The first-order valence-electron chi connectivity index (χ1n) is 7.13. The fraction of sp³-hybridized carbons (Fsp3) is 0.529. The van der Waals surface area contributed by atoms with E-state index in [4.69, 9.17) is 4.74 Å². The second kappa shape index (κ2) is 6.25. The van der Waals surface area contributed by atoms with Gasteiger partial charge < -0.3 is 4.74 Å². The molecular weight excluding hydrogens is 234 g/mol. The number of aryl methyl sites for hydroxylation is 2. The van der Waals surface area contributed by atoms with Crippen molar-refractivity contribution < 1.29 is 4.74 Å². The molecule has 19 heavy (non-hydrogen) atoms. The minimum absolute atomic E-state index is 0.594. The van der Waals surface area contributed by atoms with Gasteiger partial charge in [0.05, 0.1) is 7.11 Å². The van der Waals surface area contributed by atoms with Crippen LogP contribution in [0.15, 0.2) is 24.3 Å². The zero-order chi connectivity index (χ0) is 13.8. The van der Waals surface area contributed by atoms with Crippen LogP contribution < -0.4 is 4.74 Å². The highest BCUT2D eigenvalue weighted by Crippen LogP contribution is 2.25. The Kier molecular flexibility index (Phi) is 4.65. The Balaban J connectivity index is 2.10. The van der Waals surface area contributed by atoms with Gasteiger partial charge in [0.25, 0.3) is 0 Å². The first kappa shape index (κ1) is 14.1. The molecule has 0 spiro atoms. The van der Waals surface area contributed by atoms with E-state index in [1.54, 1.807) is 7.11 Å². The summed E-state index contributed by atoms with van der Waals surface area (Å²) in [6.45, 7) is 5.24. The van der Waals surface area contributed by atoms with Crippen LogP contribution in [0.4, 0.5) is 0 Å². The van der Waals surface area contributed by atoms with Crippen LogP contribution in [0.3, 0.4) is 0 Å². The molecule has 0 fully saturated rings. The lowest BCUT2D eigenvalue weighted by molar-refractivity contribution is 0.254. The third kappa shape index (κ3) is 3.38. The number of benzene rings is 1. The van der Waals surface area contributed by atoms with E-state index in [1.807, 2.05) is 0 Å². The number of ether oxygens (including phenoxy) is 1. The molecule has 104 valence electrons. The third-order valence-electron chi connectivity index (χ3n) is 3.95.